The van der Waals surface area contributed by atoms with Crippen molar-refractivity contribution < 1.29 is 14.2 Å². The smallest absolute Gasteiger partial charge is 0.238 e. The van der Waals surface area contributed by atoms with Gasteiger partial charge in [0.2, 0.25) is 17.6 Å². The first-order chi connectivity index (χ1) is 9.69. The molecule has 0 unspecified atom stereocenters. The molecule has 0 saturated carbocycles. The molecule has 1 aromatic carbocycles. The third-order valence-corrected chi connectivity index (χ3v) is 3.06. The second kappa shape index (κ2) is 6.42. The van der Waals surface area contributed by atoms with Gasteiger partial charge in [-0.2, -0.15) is 4.98 Å². The molecule has 106 valence electrons. The van der Waals surface area contributed by atoms with Crippen LogP contribution in [0.5, 0.6) is 23.1 Å². The van der Waals surface area contributed by atoms with Crippen LogP contribution in [-0.4, -0.2) is 31.2 Å². The number of rotatable bonds is 5. The normalized spacial score (nSPS) is 10.0. The topological polar surface area (TPSA) is 65.5 Å². The highest BCUT2D eigenvalue weighted by Crippen LogP contribution is 2.41. The number of hydrogen-bond donors (Lipinski definition) is 1. The highest BCUT2D eigenvalue weighted by atomic mass is 79.9. The first kappa shape index (κ1) is 14.4. The van der Waals surface area contributed by atoms with E-state index in [2.05, 4.69) is 31.2 Å². The molecule has 1 N–H and O–H groups in total. The van der Waals surface area contributed by atoms with Crippen molar-refractivity contribution in [2.24, 2.45) is 0 Å². The Kier molecular flexibility index (Phi) is 4.62. The molecule has 0 amide bonds. The molecule has 0 aliphatic carbocycles. The molecule has 0 saturated heterocycles. The van der Waals surface area contributed by atoms with Crippen LogP contribution in [0.1, 0.15) is 0 Å². The van der Waals surface area contributed by atoms with Gasteiger partial charge in [0.25, 0.3) is 0 Å². The number of methoxy groups -OCH3 is 2. The lowest BCUT2D eigenvalue weighted by atomic mass is 10.3. The Morgan fingerprint density at radius 2 is 1.80 bits per heavy atom. The van der Waals surface area contributed by atoms with Crippen LogP contribution in [0, 0.1) is 0 Å². The summed E-state index contributed by atoms with van der Waals surface area (Å²) in [6.45, 7) is 0. The SMILES string of the molecule is CNc1ncc(Br)c(Oc2c(OC)cccc2OC)n1. The van der Waals surface area contributed by atoms with Crippen LogP contribution in [0.15, 0.2) is 28.9 Å². The molecule has 0 aliphatic heterocycles. The van der Waals surface area contributed by atoms with Crippen molar-refractivity contribution in [3.8, 4) is 23.1 Å². The number of ether oxygens (including phenoxy) is 3. The van der Waals surface area contributed by atoms with E-state index in [9.17, 15) is 0 Å². The van der Waals surface area contributed by atoms with E-state index in [0.29, 0.717) is 33.5 Å². The molecular weight excluding hydrogens is 326 g/mol. The Balaban J connectivity index is 2.43. The van der Waals surface area contributed by atoms with Crippen molar-refractivity contribution >= 4 is 21.9 Å². The lowest BCUT2D eigenvalue weighted by Gasteiger charge is -2.14. The minimum absolute atomic E-state index is 0.368. The van der Waals surface area contributed by atoms with Crippen LogP contribution in [-0.2, 0) is 0 Å². The maximum absolute atomic E-state index is 5.81. The number of halogens is 1. The largest absolute Gasteiger partial charge is 0.493 e. The fourth-order valence-electron chi connectivity index (χ4n) is 1.56. The van der Waals surface area contributed by atoms with Gasteiger partial charge in [0.15, 0.2) is 11.5 Å². The number of para-hydroxylation sites is 1. The van der Waals surface area contributed by atoms with Crippen molar-refractivity contribution in [2.45, 2.75) is 0 Å². The van der Waals surface area contributed by atoms with Crippen molar-refractivity contribution in [2.75, 3.05) is 26.6 Å². The molecule has 0 bridgehead atoms. The second-order valence-corrected chi connectivity index (χ2v) is 4.54. The molecule has 1 aromatic heterocycles. The van der Waals surface area contributed by atoms with Crippen molar-refractivity contribution in [3.63, 3.8) is 0 Å². The van der Waals surface area contributed by atoms with Gasteiger partial charge in [0.05, 0.1) is 24.9 Å². The Bertz CT molecular complexity index is 585. The molecule has 0 fully saturated rings. The summed E-state index contributed by atoms with van der Waals surface area (Å²) in [5, 5.41) is 2.85. The number of benzene rings is 1. The third-order valence-electron chi connectivity index (χ3n) is 2.52. The first-order valence-corrected chi connectivity index (χ1v) is 6.58. The molecule has 0 radical (unpaired) electrons. The van der Waals surface area contributed by atoms with Gasteiger partial charge in [-0.1, -0.05) is 6.07 Å². The van der Waals surface area contributed by atoms with E-state index in [1.54, 1.807) is 39.6 Å². The fraction of sp³-hybridized carbons (Fsp3) is 0.231. The summed E-state index contributed by atoms with van der Waals surface area (Å²) in [5.74, 6) is 2.39. The number of aromatic nitrogens is 2. The predicted molar refractivity (Wildman–Crippen MR) is 78.9 cm³/mol. The third kappa shape index (κ3) is 2.93. The van der Waals surface area contributed by atoms with E-state index in [-0.39, 0.29) is 0 Å². The van der Waals surface area contributed by atoms with Crippen molar-refractivity contribution in [3.05, 3.63) is 28.9 Å². The number of nitrogens with zero attached hydrogens (tertiary/aromatic N) is 2. The molecule has 0 spiro atoms. The first-order valence-electron chi connectivity index (χ1n) is 5.78. The molecule has 0 aliphatic rings. The molecule has 7 heteroatoms. The molecule has 2 rings (SSSR count). The molecular formula is C13H14BrN3O3. The van der Waals surface area contributed by atoms with Crippen LogP contribution in [0.2, 0.25) is 0 Å². The minimum atomic E-state index is 0.368. The van der Waals surface area contributed by atoms with Crippen LogP contribution in [0.4, 0.5) is 5.95 Å². The Hall–Kier alpha value is -2.02. The fourth-order valence-corrected chi connectivity index (χ4v) is 1.83. The summed E-state index contributed by atoms with van der Waals surface area (Å²) in [5.41, 5.74) is 0. The maximum Gasteiger partial charge on any atom is 0.238 e. The van der Waals surface area contributed by atoms with Gasteiger partial charge >= 0.3 is 0 Å². The van der Waals surface area contributed by atoms with Crippen LogP contribution in [0.3, 0.4) is 0 Å². The monoisotopic (exact) mass is 339 g/mol. The average Bonchev–Trinajstić information content (AvgIpc) is 2.49. The number of nitrogens with one attached hydrogen (secondary N) is 1. The Labute approximate surface area is 125 Å². The number of anilines is 1. The highest BCUT2D eigenvalue weighted by Gasteiger charge is 2.15. The van der Waals surface area contributed by atoms with E-state index in [0.717, 1.165) is 0 Å². The Morgan fingerprint density at radius 3 is 2.35 bits per heavy atom. The van der Waals surface area contributed by atoms with Crippen LogP contribution >= 0.6 is 15.9 Å². The summed E-state index contributed by atoms with van der Waals surface area (Å²) in [6, 6.07) is 5.39. The average molecular weight is 340 g/mol. The summed E-state index contributed by atoms with van der Waals surface area (Å²) in [7, 11) is 4.86. The standard InChI is InChI=1S/C13H14BrN3O3/c1-15-13-16-7-8(14)12(17-13)20-11-9(18-2)5-4-6-10(11)19-3/h4-7H,1-3H3,(H,15,16,17). The van der Waals surface area contributed by atoms with Gasteiger partial charge in [-0.15, -0.1) is 0 Å². The Morgan fingerprint density at radius 1 is 1.15 bits per heavy atom. The van der Waals surface area contributed by atoms with Gasteiger partial charge in [-0.05, 0) is 28.1 Å². The molecule has 6 nitrogen and oxygen atoms in total. The van der Waals surface area contributed by atoms with Gasteiger partial charge < -0.3 is 19.5 Å². The number of hydrogen-bond acceptors (Lipinski definition) is 6. The highest BCUT2D eigenvalue weighted by molar-refractivity contribution is 9.10. The van der Waals surface area contributed by atoms with Crippen molar-refractivity contribution in [1.29, 1.82) is 0 Å². The van der Waals surface area contributed by atoms with E-state index < -0.39 is 0 Å². The quantitative estimate of drug-likeness (QED) is 0.902. The zero-order chi connectivity index (χ0) is 14.5. The minimum Gasteiger partial charge on any atom is -0.493 e. The van der Waals surface area contributed by atoms with Gasteiger partial charge in [0.1, 0.15) is 0 Å². The van der Waals surface area contributed by atoms with Crippen LogP contribution < -0.4 is 19.5 Å². The van der Waals surface area contributed by atoms with Gasteiger partial charge in [-0.3, -0.25) is 0 Å². The molecule has 0 atom stereocenters. The predicted octanol–water partition coefficient (Wildman–Crippen LogP) is 3.09. The zero-order valence-corrected chi connectivity index (χ0v) is 12.9. The summed E-state index contributed by atoms with van der Waals surface area (Å²) >= 11 is 3.35. The van der Waals surface area contributed by atoms with E-state index in [1.807, 2.05) is 6.07 Å². The van der Waals surface area contributed by atoms with E-state index in [1.165, 1.54) is 0 Å². The van der Waals surface area contributed by atoms with Crippen LogP contribution in [0.25, 0.3) is 0 Å². The summed E-state index contributed by atoms with van der Waals surface area (Å²) < 4.78 is 17.0. The van der Waals surface area contributed by atoms with Crippen molar-refractivity contribution in [1.82, 2.24) is 9.97 Å². The zero-order valence-electron chi connectivity index (χ0n) is 11.3. The second-order valence-electron chi connectivity index (χ2n) is 3.69. The van der Waals surface area contributed by atoms with Gasteiger partial charge in [-0.25, -0.2) is 4.98 Å². The molecule has 1 heterocycles. The molecule has 20 heavy (non-hydrogen) atoms. The lowest BCUT2D eigenvalue weighted by molar-refractivity contribution is 0.341. The molecule has 2 aromatic rings. The lowest BCUT2D eigenvalue weighted by Crippen LogP contribution is -2.00. The summed E-state index contributed by atoms with van der Waals surface area (Å²) in [6.07, 6.45) is 1.61. The van der Waals surface area contributed by atoms with E-state index >= 15 is 0 Å². The summed E-state index contributed by atoms with van der Waals surface area (Å²) in [4.78, 5) is 8.31. The van der Waals surface area contributed by atoms with E-state index in [4.69, 9.17) is 14.2 Å². The van der Waals surface area contributed by atoms with Gasteiger partial charge in [0, 0.05) is 7.05 Å². The maximum atomic E-state index is 5.81.